The standard InChI is InChI=1S/C29H34F4N4O2/c1-18(29(31,32)33)26-20-6-3-7-24(36-25-8-12-37(2)17-23(25)30)21(20)15-19(35-26)5-4-11-34-27(38)22-16-28(22)9-13-39-14-10-28/h3-7,15,22-23,25,36H,1,8-14,16-17H2,2H3,(H,34,38)/b5-4+/t22?,23-,25+/m0/s1. The molecule has 39 heavy (non-hydrogen) atoms. The molecule has 1 aliphatic carbocycles. The topological polar surface area (TPSA) is 66.5 Å². The first-order valence-corrected chi connectivity index (χ1v) is 13.4. The number of allylic oxidation sites excluding steroid dienone is 1. The molecule has 0 bridgehead atoms. The first-order valence-electron chi connectivity index (χ1n) is 13.4. The fourth-order valence-corrected chi connectivity index (χ4v) is 5.80. The van der Waals surface area contributed by atoms with Gasteiger partial charge in [-0.25, -0.2) is 9.37 Å². The molecule has 3 fully saturated rings. The third-order valence-corrected chi connectivity index (χ3v) is 8.29. The molecule has 1 amide bonds. The number of amides is 1. The van der Waals surface area contributed by atoms with Crippen LogP contribution in [-0.2, 0) is 9.53 Å². The predicted molar refractivity (Wildman–Crippen MR) is 144 cm³/mol. The zero-order chi connectivity index (χ0) is 27.8. The first kappa shape index (κ1) is 27.6. The van der Waals surface area contributed by atoms with E-state index in [1.807, 2.05) is 11.9 Å². The lowest BCUT2D eigenvalue weighted by atomic mass is 9.93. The number of aromatic nitrogens is 1. The minimum atomic E-state index is -4.66. The Hall–Kier alpha value is -2.98. The molecular weight excluding hydrogens is 512 g/mol. The van der Waals surface area contributed by atoms with Crippen molar-refractivity contribution < 1.29 is 27.1 Å². The molecule has 210 valence electrons. The van der Waals surface area contributed by atoms with Crippen molar-refractivity contribution in [1.82, 2.24) is 15.2 Å². The van der Waals surface area contributed by atoms with Crippen LogP contribution in [0, 0.1) is 11.3 Å². The highest BCUT2D eigenvalue weighted by atomic mass is 19.4. The van der Waals surface area contributed by atoms with E-state index < -0.39 is 24.0 Å². The summed E-state index contributed by atoms with van der Waals surface area (Å²) in [5.41, 5.74) is -0.423. The molecule has 1 unspecified atom stereocenters. The smallest absolute Gasteiger partial charge is 0.381 e. The van der Waals surface area contributed by atoms with Gasteiger partial charge in [0.2, 0.25) is 5.91 Å². The summed E-state index contributed by atoms with van der Waals surface area (Å²) in [7, 11) is 1.86. The monoisotopic (exact) mass is 546 g/mol. The van der Waals surface area contributed by atoms with Gasteiger partial charge in [0.05, 0.1) is 23.0 Å². The van der Waals surface area contributed by atoms with Gasteiger partial charge in [-0.05, 0) is 56.4 Å². The van der Waals surface area contributed by atoms with Gasteiger partial charge < -0.3 is 20.3 Å². The second kappa shape index (κ2) is 10.9. The Bertz CT molecular complexity index is 1270. The summed E-state index contributed by atoms with van der Waals surface area (Å²) in [6, 6.07) is 6.17. The average molecular weight is 547 g/mol. The van der Waals surface area contributed by atoms with E-state index >= 15 is 0 Å². The Balaban J connectivity index is 1.36. The largest absolute Gasteiger partial charge is 0.417 e. The van der Waals surface area contributed by atoms with Crippen molar-refractivity contribution in [1.29, 1.82) is 0 Å². The van der Waals surface area contributed by atoms with Gasteiger partial charge in [0.1, 0.15) is 6.17 Å². The molecule has 2 aliphatic heterocycles. The van der Waals surface area contributed by atoms with E-state index in [0.29, 0.717) is 36.4 Å². The summed E-state index contributed by atoms with van der Waals surface area (Å²) in [4.78, 5) is 18.8. The van der Waals surface area contributed by atoms with E-state index in [1.165, 1.54) is 0 Å². The number of pyridine rings is 1. The van der Waals surface area contributed by atoms with Gasteiger partial charge in [0.15, 0.2) is 0 Å². The Morgan fingerprint density at radius 3 is 2.77 bits per heavy atom. The van der Waals surface area contributed by atoms with E-state index in [0.717, 1.165) is 25.8 Å². The molecule has 3 atom stereocenters. The fraction of sp³-hybridized carbons (Fsp3) is 0.517. The predicted octanol–water partition coefficient (Wildman–Crippen LogP) is 5.21. The van der Waals surface area contributed by atoms with Crippen LogP contribution in [0.3, 0.4) is 0 Å². The highest BCUT2D eigenvalue weighted by Gasteiger charge is 2.57. The maximum Gasteiger partial charge on any atom is 0.417 e. The molecule has 1 spiro atoms. The molecule has 2 saturated heterocycles. The van der Waals surface area contributed by atoms with E-state index in [-0.39, 0.29) is 41.4 Å². The molecule has 1 saturated carbocycles. The number of piperidine rings is 1. The van der Waals surface area contributed by atoms with Crippen molar-refractivity contribution in [3.05, 3.63) is 48.3 Å². The lowest BCUT2D eigenvalue weighted by molar-refractivity contribution is -0.123. The summed E-state index contributed by atoms with van der Waals surface area (Å²) in [6.45, 7) is 5.88. The number of hydrogen-bond donors (Lipinski definition) is 2. The van der Waals surface area contributed by atoms with Crippen molar-refractivity contribution in [2.24, 2.45) is 11.3 Å². The molecule has 1 aromatic heterocycles. The van der Waals surface area contributed by atoms with Gasteiger partial charge in [-0.2, -0.15) is 13.2 Å². The number of fused-ring (bicyclic) bond motifs is 1. The van der Waals surface area contributed by atoms with Gasteiger partial charge in [0.25, 0.3) is 0 Å². The third-order valence-electron chi connectivity index (χ3n) is 8.29. The maximum absolute atomic E-state index is 14.7. The van der Waals surface area contributed by atoms with Crippen LogP contribution in [0.5, 0.6) is 0 Å². The molecule has 3 heterocycles. The first-order chi connectivity index (χ1) is 18.6. The van der Waals surface area contributed by atoms with E-state index in [1.54, 1.807) is 36.4 Å². The number of nitrogens with one attached hydrogen (secondary N) is 2. The number of hydrogen-bond acceptors (Lipinski definition) is 5. The van der Waals surface area contributed by atoms with Gasteiger partial charge >= 0.3 is 6.18 Å². The van der Waals surface area contributed by atoms with Crippen LogP contribution >= 0.6 is 0 Å². The van der Waals surface area contributed by atoms with Crippen molar-refractivity contribution >= 4 is 34.0 Å². The van der Waals surface area contributed by atoms with Crippen LogP contribution in [-0.4, -0.2) is 74.1 Å². The number of benzene rings is 1. The lowest BCUT2D eigenvalue weighted by Gasteiger charge is -2.33. The van der Waals surface area contributed by atoms with E-state index in [4.69, 9.17) is 4.74 Å². The molecule has 10 heteroatoms. The van der Waals surface area contributed by atoms with Crippen molar-refractivity contribution in [3.63, 3.8) is 0 Å². The molecule has 2 N–H and O–H groups in total. The lowest BCUT2D eigenvalue weighted by Crippen LogP contribution is -2.46. The molecule has 3 aliphatic rings. The molecule has 6 nitrogen and oxygen atoms in total. The van der Waals surface area contributed by atoms with Crippen LogP contribution in [0.2, 0.25) is 0 Å². The number of alkyl halides is 4. The number of rotatable bonds is 7. The van der Waals surface area contributed by atoms with Crippen molar-refractivity contribution in [3.8, 4) is 0 Å². The Kier molecular flexibility index (Phi) is 7.70. The summed E-state index contributed by atoms with van der Waals surface area (Å²) < 4.78 is 61.3. The number of halogens is 4. The molecule has 0 radical (unpaired) electrons. The number of carbonyl (C=O) groups is 1. The van der Waals surface area contributed by atoms with Gasteiger partial charge in [0, 0.05) is 55.2 Å². The normalized spacial score (nSPS) is 25.2. The number of anilines is 1. The second-order valence-corrected chi connectivity index (χ2v) is 11.0. The Morgan fingerprint density at radius 2 is 2.05 bits per heavy atom. The quantitative estimate of drug-likeness (QED) is 0.467. The number of likely N-dealkylation sites (tertiary alicyclic amines) is 1. The summed E-state index contributed by atoms with van der Waals surface area (Å²) in [6.07, 6.45) is 0.721. The van der Waals surface area contributed by atoms with Crippen molar-refractivity contribution in [2.45, 2.75) is 44.1 Å². The fourth-order valence-electron chi connectivity index (χ4n) is 5.80. The van der Waals surface area contributed by atoms with Gasteiger partial charge in [-0.15, -0.1) is 0 Å². The van der Waals surface area contributed by atoms with Gasteiger partial charge in [-0.3, -0.25) is 4.79 Å². The summed E-state index contributed by atoms with van der Waals surface area (Å²) in [5, 5.41) is 6.92. The van der Waals surface area contributed by atoms with Crippen LogP contribution in [0.25, 0.3) is 22.4 Å². The minimum Gasteiger partial charge on any atom is -0.381 e. The summed E-state index contributed by atoms with van der Waals surface area (Å²) in [5.74, 6) is -0.0209. The van der Waals surface area contributed by atoms with Crippen LogP contribution in [0.1, 0.15) is 37.1 Å². The number of ether oxygens (including phenoxy) is 1. The maximum atomic E-state index is 14.7. The van der Waals surface area contributed by atoms with Crippen LogP contribution in [0.4, 0.5) is 23.2 Å². The Morgan fingerprint density at radius 1 is 1.28 bits per heavy atom. The zero-order valence-electron chi connectivity index (χ0n) is 22.0. The molecule has 1 aromatic carbocycles. The SMILES string of the molecule is C=C(c1nc(/C=C/CNC(=O)C2CC23CCOCC3)cc2c(N[C@@H]3CCN(C)C[C@@H]3F)cccc12)C(F)(F)F. The van der Waals surface area contributed by atoms with Gasteiger partial charge in [-0.1, -0.05) is 24.8 Å². The minimum absolute atomic E-state index is 0.00968. The molecular formula is C29H34F4N4O2. The zero-order valence-corrected chi connectivity index (χ0v) is 22.0. The third kappa shape index (κ3) is 5.96. The van der Waals surface area contributed by atoms with Crippen LogP contribution in [0.15, 0.2) is 36.9 Å². The number of nitrogens with zero attached hydrogens (tertiary/aromatic N) is 2. The second-order valence-electron chi connectivity index (χ2n) is 11.0. The van der Waals surface area contributed by atoms with Crippen LogP contribution < -0.4 is 10.6 Å². The highest BCUT2D eigenvalue weighted by molar-refractivity contribution is 6.00. The number of carbonyl (C=O) groups excluding carboxylic acids is 1. The summed E-state index contributed by atoms with van der Waals surface area (Å²) >= 11 is 0. The Labute approximate surface area is 225 Å². The van der Waals surface area contributed by atoms with Crippen molar-refractivity contribution in [2.75, 3.05) is 45.2 Å². The highest BCUT2D eigenvalue weighted by Crippen LogP contribution is 2.59. The average Bonchev–Trinajstić information content (AvgIpc) is 3.59. The molecule has 5 rings (SSSR count). The van der Waals surface area contributed by atoms with E-state index in [9.17, 15) is 22.4 Å². The van der Waals surface area contributed by atoms with E-state index in [2.05, 4.69) is 22.2 Å². The molecule has 2 aromatic rings.